The highest BCUT2D eigenvalue weighted by Gasteiger charge is 2.21. The van der Waals surface area contributed by atoms with Crippen LogP contribution < -0.4 is 14.8 Å². The van der Waals surface area contributed by atoms with Crippen molar-refractivity contribution in [3.63, 3.8) is 0 Å². The van der Waals surface area contributed by atoms with E-state index in [0.717, 1.165) is 13.1 Å². The zero-order valence-corrected chi connectivity index (χ0v) is 19.4. The van der Waals surface area contributed by atoms with Crippen molar-refractivity contribution in [2.75, 3.05) is 24.4 Å². The lowest BCUT2D eigenvalue weighted by molar-refractivity contribution is 0.195. The van der Waals surface area contributed by atoms with Gasteiger partial charge in [-0.25, -0.2) is 13.4 Å². The van der Waals surface area contributed by atoms with Crippen LogP contribution in [0.2, 0.25) is 10.0 Å². The highest BCUT2D eigenvalue weighted by atomic mass is 35.5. The fraction of sp³-hybridized carbons (Fsp3) is 0.190. The maximum atomic E-state index is 12.7. The smallest absolute Gasteiger partial charge is 0.263 e. The number of benzene rings is 2. The minimum atomic E-state index is -3.92. The number of fused-ring (bicyclic) bond motifs is 1. The molecule has 0 spiro atoms. The summed E-state index contributed by atoms with van der Waals surface area (Å²) in [5, 5.41) is 11.1. The number of H-pyrrole nitrogens is 1. The molecule has 33 heavy (non-hydrogen) atoms. The monoisotopic (exact) mass is 504 g/mol. The van der Waals surface area contributed by atoms with Gasteiger partial charge in [0.05, 0.1) is 17.8 Å². The number of nitrogens with one attached hydrogen (secondary N) is 3. The van der Waals surface area contributed by atoms with Crippen LogP contribution in [-0.2, 0) is 10.0 Å². The van der Waals surface area contributed by atoms with Crippen molar-refractivity contribution in [2.24, 2.45) is 5.92 Å². The predicted molar refractivity (Wildman–Crippen MR) is 126 cm³/mol. The molecule has 3 heterocycles. The zero-order chi connectivity index (χ0) is 23.0. The van der Waals surface area contributed by atoms with E-state index in [1.54, 1.807) is 30.5 Å². The maximum Gasteiger partial charge on any atom is 0.263 e. The second kappa shape index (κ2) is 8.79. The molecular formula is C21H18Cl2N6O3S. The van der Waals surface area contributed by atoms with Gasteiger partial charge in [0.25, 0.3) is 10.0 Å². The van der Waals surface area contributed by atoms with E-state index in [-0.39, 0.29) is 14.9 Å². The number of halogens is 2. The standard InChI is InChI=1S/C21H18Cl2N6O3S/c22-14-3-6-17(23)18(7-14)33(30,31)29-15-4-1-13(2-5-15)19-26-20-16(10-25-28-20)21(27-19)32-11-12-8-24-9-12/h1-7,10,12,24,29H,8-9,11H2,(H,25,26,27,28). The van der Waals surface area contributed by atoms with E-state index in [1.807, 2.05) is 0 Å². The number of aromatic amines is 1. The average molecular weight is 505 g/mol. The number of hydrogen-bond acceptors (Lipinski definition) is 7. The minimum Gasteiger partial charge on any atom is -0.477 e. The van der Waals surface area contributed by atoms with Gasteiger partial charge in [0.2, 0.25) is 5.88 Å². The highest BCUT2D eigenvalue weighted by molar-refractivity contribution is 7.92. The Hall–Kier alpha value is -2.92. The first kappa shape index (κ1) is 21.9. The van der Waals surface area contributed by atoms with E-state index < -0.39 is 10.0 Å². The number of sulfonamides is 1. The molecule has 3 N–H and O–H groups in total. The molecule has 2 aromatic heterocycles. The fourth-order valence-electron chi connectivity index (χ4n) is 3.29. The molecule has 0 unspecified atom stereocenters. The summed E-state index contributed by atoms with van der Waals surface area (Å²) in [4.78, 5) is 8.97. The van der Waals surface area contributed by atoms with Gasteiger partial charge in [0.15, 0.2) is 11.5 Å². The van der Waals surface area contributed by atoms with Crippen molar-refractivity contribution in [1.82, 2.24) is 25.5 Å². The van der Waals surface area contributed by atoms with Crippen LogP contribution in [0, 0.1) is 5.92 Å². The van der Waals surface area contributed by atoms with Gasteiger partial charge in [-0.05, 0) is 42.5 Å². The predicted octanol–water partition coefficient (Wildman–Crippen LogP) is 3.73. The quantitative estimate of drug-likeness (QED) is 0.350. The van der Waals surface area contributed by atoms with Gasteiger partial charge in [-0.15, -0.1) is 0 Å². The number of rotatable bonds is 7. The third-order valence-corrected chi connectivity index (χ3v) is 7.27. The zero-order valence-electron chi connectivity index (χ0n) is 17.0. The molecule has 1 saturated heterocycles. The summed E-state index contributed by atoms with van der Waals surface area (Å²) >= 11 is 12.0. The highest BCUT2D eigenvalue weighted by Crippen LogP contribution is 2.29. The van der Waals surface area contributed by atoms with Gasteiger partial charge in [0.1, 0.15) is 10.3 Å². The summed E-state index contributed by atoms with van der Waals surface area (Å²) < 4.78 is 33.9. The number of hydrogen-bond donors (Lipinski definition) is 3. The van der Waals surface area contributed by atoms with Crippen molar-refractivity contribution in [3.05, 3.63) is 58.7 Å². The first-order valence-corrected chi connectivity index (χ1v) is 12.3. The molecule has 0 radical (unpaired) electrons. The molecule has 1 aliphatic rings. The Morgan fingerprint density at radius 1 is 1.09 bits per heavy atom. The molecule has 12 heteroatoms. The molecule has 2 aromatic carbocycles. The molecule has 0 amide bonds. The molecule has 0 atom stereocenters. The lowest BCUT2D eigenvalue weighted by atomic mass is 10.1. The summed E-state index contributed by atoms with van der Waals surface area (Å²) in [5.74, 6) is 1.34. The molecule has 170 valence electrons. The number of ether oxygens (including phenoxy) is 1. The number of anilines is 1. The normalized spacial score (nSPS) is 14.2. The van der Waals surface area contributed by atoms with Crippen LogP contribution >= 0.6 is 23.2 Å². The number of aromatic nitrogens is 4. The molecular weight excluding hydrogens is 487 g/mol. The second-order valence-electron chi connectivity index (χ2n) is 7.58. The van der Waals surface area contributed by atoms with Crippen LogP contribution in [0.25, 0.3) is 22.4 Å². The van der Waals surface area contributed by atoms with Crippen molar-refractivity contribution in [1.29, 1.82) is 0 Å². The summed E-state index contributed by atoms with van der Waals surface area (Å²) in [6.45, 7) is 2.39. The Morgan fingerprint density at radius 2 is 1.88 bits per heavy atom. The molecule has 0 bridgehead atoms. The van der Waals surface area contributed by atoms with Crippen LogP contribution in [0.1, 0.15) is 0 Å². The molecule has 1 aliphatic heterocycles. The number of nitrogens with zero attached hydrogens (tertiary/aromatic N) is 3. The topological polar surface area (TPSA) is 122 Å². The molecule has 5 rings (SSSR count). The van der Waals surface area contributed by atoms with Gasteiger partial charge in [0, 0.05) is 35.3 Å². The van der Waals surface area contributed by atoms with E-state index in [2.05, 4.69) is 30.2 Å². The van der Waals surface area contributed by atoms with E-state index in [1.165, 1.54) is 18.2 Å². The summed E-state index contributed by atoms with van der Waals surface area (Å²) in [5.41, 5.74) is 1.60. The van der Waals surface area contributed by atoms with Crippen LogP contribution in [0.5, 0.6) is 5.88 Å². The van der Waals surface area contributed by atoms with Crippen LogP contribution in [0.15, 0.2) is 53.6 Å². The second-order valence-corrected chi connectivity index (χ2v) is 10.1. The van der Waals surface area contributed by atoms with E-state index >= 15 is 0 Å². The Bertz CT molecular complexity index is 1420. The molecule has 0 saturated carbocycles. The average Bonchev–Trinajstić information content (AvgIpc) is 3.23. The van der Waals surface area contributed by atoms with Crippen molar-refractivity contribution in [2.45, 2.75) is 4.90 Å². The van der Waals surface area contributed by atoms with Crippen LogP contribution in [0.4, 0.5) is 5.69 Å². The Morgan fingerprint density at radius 3 is 2.61 bits per heavy atom. The van der Waals surface area contributed by atoms with Gasteiger partial charge in [-0.3, -0.25) is 9.82 Å². The first-order valence-electron chi connectivity index (χ1n) is 10.0. The lowest BCUT2D eigenvalue weighted by Crippen LogP contribution is -2.45. The Labute approximate surface area is 199 Å². The summed E-state index contributed by atoms with van der Waals surface area (Å²) in [7, 11) is -3.92. The lowest BCUT2D eigenvalue weighted by Gasteiger charge is -2.26. The largest absolute Gasteiger partial charge is 0.477 e. The molecule has 0 aliphatic carbocycles. The van der Waals surface area contributed by atoms with E-state index in [9.17, 15) is 8.42 Å². The first-order chi connectivity index (χ1) is 15.9. The third-order valence-electron chi connectivity index (χ3n) is 5.17. The van der Waals surface area contributed by atoms with Crippen molar-refractivity contribution < 1.29 is 13.2 Å². The Balaban J connectivity index is 1.39. The fourth-order valence-corrected chi connectivity index (χ4v) is 5.11. The Kier molecular flexibility index (Phi) is 5.83. The van der Waals surface area contributed by atoms with Gasteiger partial charge in [-0.2, -0.15) is 10.1 Å². The van der Waals surface area contributed by atoms with Crippen molar-refractivity contribution in [3.8, 4) is 17.3 Å². The van der Waals surface area contributed by atoms with Crippen LogP contribution in [0.3, 0.4) is 0 Å². The van der Waals surface area contributed by atoms with Gasteiger partial charge >= 0.3 is 0 Å². The molecule has 4 aromatic rings. The van der Waals surface area contributed by atoms with Gasteiger partial charge < -0.3 is 10.1 Å². The van der Waals surface area contributed by atoms with Crippen molar-refractivity contribution >= 4 is 49.9 Å². The van der Waals surface area contributed by atoms with E-state index in [4.69, 9.17) is 27.9 Å². The molecule has 9 nitrogen and oxygen atoms in total. The third kappa shape index (κ3) is 4.60. The molecule has 1 fully saturated rings. The van der Waals surface area contributed by atoms with Crippen LogP contribution in [-0.4, -0.2) is 48.3 Å². The van der Waals surface area contributed by atoms with E-state index in [0.29, 0.717) is 46.5 Å². The minimum absolute atomic E-state index is 0.0787. The SMILES string of the molecule is O=S(=O)(Nc1ccc(-c2nc(OCC3CNC3)c3cn[nH]c3n2)cc1)c1cc(Cl)ccc1Cl. The van der Waals surface area contributed by atoms with Gasteiger partial charge in [-0.1, -0.05) is 23.2 Å². The summed E-state index contributed by atoms with van der Waals surface area (Å²) in [6.07, 6.45) is 1.63. The maximum absolute atomic E-state index is 12.7. The summed E-state index contributed by atoms with van der Waals surface area (Å²) in [6, 6.07) is 10.9.